The Balaban J connectivity index is 2.13. The van der Waals surface area contributed by atoms with Crippen LogP contribution in [0.4, 0.5) is 5.69 Å². The van der Waals surface area contributed by atoms with Crippen molar-refractivity contribution in [1.82, 2.24) is 10.1 Å². The molecular weight excluding hydrogens is 246 g/mol. The first-order valence-corrected chi connectivity index (χ1v) is 5.94. The molecule has 1 aromatic carbocycles. The van der Waals surface area contributed by atoms with E-state index in [9.17, 15) is 4.79 Å². The molecule has 6 nitrogen and oxygen atoms in total. The van der Waals surface area contributed by atoms with Crippen LogP contribution in [0.15, 0.2) is 35.2 Å². The number of hydrogen-bond acceptors (Lipinski definition) is 5. The number of nitrogens with zero attached hydrogens (tertiary/aromatic N) is 3. The maximum absolute atomic E-state index is 10.7. The first-order valence-electron chi connectivity index (χ1n) is 5.94. The van der Waals surface area contributed by atoms with Crippen LogP contribution in [0.1, 0.15) is 17.8 Å². The van der Waals surface area contributed by atoms with Crippen LogP contribution >= 0.6 is 0 Å². The van der Waals surface area contributed by atoms with Gasteiger partial charge in [-0.25, -0.2) is 0 Å². The Hall–Kier alpha value is -2.37. The Morgan fingerprint density at radius 3 is 2.68 bits per heavy atom. The molecule has 0 fully saturated rings. The molecule has 1 aromatic heterocycles. The van der Waals surface area contributed by atoms with Crippen LogP contribution in [-0.2, 0) is 11.3 Å². The second kappa shape index (κ2) is 5.99. The summed E-state index contributed by atoms with van der Waals surface area (Å²) in [6.45, 7) is 2.82. The topological polar surface area (TPSA) is 79.5 Å². The minimum absolute atomic E-state index is 0.0612. The molecular formula is C13H15N3O3. The predicted octanol–water partition coefficient (Wildman–Crippen LogP) is 1.86. The number of carbonyl (C=O) groups is 1. The van der Waals surface area contributed by atoms with Crippen LogP contribution in [0.3, 0.4) is 0 Å². The summed E-state index contributed by atoms with van der Waals surface area (Å²) < 4.78 is 4.69. The van der Waals surface area contributed by atoms with Crippen LogP contribution in [0.5, 0.6) is 0 Å². The van der Waals surface area contributed by atoms with Crippen molar-refractivity contribution in [3.8, 4) is 0 Å². The lowest BCUT2D eigenvalue weighted by molar-refractivity contribution is -0.136. The van der Waals surface area contributed by atoms with Crippen LogP contribution in [-0.4, -0.2) is 27.8 Å². The summed E-state index contributed by atoms with van der Waals surface area (Å²) in [7, 11) is 0. The first-order chi connectivity index (χ1) is 9.15. The van der Waals surface area contributed by atoms with Crippen molar-refractivity contribution < 1.29 is 14.4 Å². The minimum Gasteiger partial charge on any atom is -0.481 e. The van der Waals surface area contributed by atoms with Crippen LogP contribution in [0, 0.1) is 6.92 Å². The number of carboxylic acid groups (broad SMARTS) is 1. The lowest BCUT2D eigenvalue weighted by Gasteiger charge is -2.22. The predicted molar refractivity (Wildman–Crippen MR) is 68.8 cm³/mol. The molecule has 2 aromatic rings. The number of carboxylic acids is 1. The zero-order valence-corrected chi connectivity index (χ0v) is 10.6. The maximum atomic E-state index is 10.7. The first kappa shape index (κ1) is 13.1. The largest absolute Gasteiger partial charge is 0.481 e. The molecule has 0 aliphatic heterocycles. The molecule has 2 rings (SSSR count). The number of hydrogen-bond donors (Lipinski definition) is 1. The molecule has 0 atom stereocenters. The van der Waals surface area contributed by atoms with Crippen molar-refractivity contribution >= 4 is 11.7 Å². The summed E-state index contributed by atoms with van der Waals surface area (Å²) in [6.07, 6.45) is 1.32. The normalized spacial score (nSPS) is 10.4. The Bertz CT molecular complexity index is 523. The summed E-state index contributed by atoms with van der Waals surface area (Å²) in [5.41, 5.74) is 2.10. The van der Waals surface area contributed by atoms with E-state index < -0.39 is 5.97 Å². The molecule has 0 aliphatic carbocycles. The van der Waals surface area contributed by atoms with Gasteiger partial charge in [-0.2, -0.15) is 4.98 Å². The number of rotatable bonds is 6. The Kier molecular flexibility index (Phi) is 4.12. The fourth-order valence-electron chi connectivity index (χ4n) is 1.72. The van der Waals surface area contributed by atoms with Gasteiger partial charge in [0.2, 0.25) is 6.39 Å². The number of benzene rings is 1. The van der Waals surface area contributed by atoms with Gasteiger partial charge in [0.15, 0.2) is 5.82 Å². The van der Waals surface area contributed by atoms with Gasteiger partial charge < -0.3 is 14.5 Å². The van der Waals surface area contributed by atoms with Crippen LogP contribution in [0.25, 0.3) is 0 Å². The lowest BCUT2D eigenvalue weighted by Crippen LogP contribution is -2.26. The van der Waals surface area contributed by atoms with Gasteiger partial charge in [0.25, 0.3) is 0 Å². The van der Waals surface area contributed by atoms with E-state index in [1.165, 1.54) is 6.39 Å². The van der Waals surface area contributed by atoms with Gasteiger partial charge in [0, 0.05) is 12.2 Å². The van der Waals surface area contributed by atoms with E-state index in [1.807, 2.05) is 36.1 Å². The fraction of sp³-hybridized carbons (Fsp3) is 0.308. The zero-order chi connectivity index (χ0) is 13.7. The quantitative estimate of drug-likeness (QED) is 0.855. The number of aryl methyl sites for hydroxylation is 1. The molecule has 1 heterocycles. The monoisotopic (exact) mass is 261 g/mol. The molecule has 100 valence electrons. The molecule has 0 bridgehead atoms. The molecule has 0 radical (unpaired) electrons. The molecule has 0 saturated carbocycles. The lowest BCUT2D eigenvalue weighted by atomic mass is 10.2. The molecule has 0 spiro atoms. The highest BCUT2D eigenvalue weighted by Crippen LogP contribution is 2.17. The van der Waals surface area contributed by atoms with Crippen molar-refractivity contribution in [3.63, 3.8) is 0 Å². The van der Waals surface area contributed by atoms with Gasteiger partial charge in [-0.05, 0) is 19.1 Å². The van der Waals surface area contributed by atoms with E-state index in [0.29, 0.717) is 18.9 Å². The third-order valence-electron chi connectivity index (χ3n) is 2.73. The molecule has 0 unspecified atom stereocenters. The smallest absolute Gasteiger partial charge is 0.305 e. The van der Waals surface area contributed by atoms with Crippen molar-refractivity contribution in [2.45, 2.75) is 19.9 Å². The van der Waals surface area contributed by atoms with Gasteiger partial charge in [-0.3, -0.25) is 4.79 Å². The van der Waals surface area contributed by atoms with E-state index in [-0.39, 0.29) is 6.42 Å². The highest BCUT2D eigenvalue weighted by atomic mass is 16.5. The molecule has 19 heavy (non-hydrogen) atoms. The molecule has 0 amide bonds. The SMILES string of the molecule is Cc1ccc(N(CCC(=O)O)Cc2ncon2)cc1. The highest BCUT2D eigenvalue weighted by Gasteiger charge is 2.11. The van der Waals surface area contributed by atoms with E-state index in [2.05, 4.69) is 10.1 Å². The summed E-state index contributed by atoms with van der Waals surface area (Å²) in [6, 6.07) is 7.88. The number of aliphatic carboxylic acids is 1. The third kappa shape index (κ3) is 3.80. The second-order valence-electron chi connectivity index (χ2n) is 4.25. The summed E-state index contributed by atoms with van der Waals surface area (Å²) in [4.78, 5) is 16.6. The van der Waals surface area contributed by atoms with Crippen LogP contribution < -0.4 is 4.90 Å². The Morgan fingerprint density at radius 1 is 1.37 bits per heavy atom. The summed E-state index contributed by atoms with van der Waals surface area (Å²) in [5, 5.41) is 12.6. The van der Waals surface area contributed by atoms with Gasteiger partial charge in [-0.15, -0.1) is 0 Å². The third-order valence-corrected chi connectivity index (χ3v) is 2.73. The molecule has 0 saturated heterocycles. The molecule has 1 N–H and O–H groups in total. The fourth-order valence-corrected chi connectivity index (χ4v) is 1.72. The van der Waals surface area contributed by atoms with Crippen molar-refractivity contribution in [2.24, 2.45) is 0 Å². The maximum Gasteiger partial charge on any atom is 0.305 e. The van der Waals surface area contributed by atoms with Gasteiger partial charge in [-0.1, -0.05) is 22.9 Å². The van der Waals surface area contributed by atoms with E-state index in [0.717, 1.165) is 11.3 Å². The molecule has 0 aliphatic rings. The van der Waals surface area contributed by atoms with E-state index in [1.54, 1.807) is 0 Å². The van der Waals surface area contributed by atoms with Crippen LogP contribution in [0.2, 0.25) is 0 Å². The van der Waals surface area contributed by atoms with E-state index >= 15 is 0 Å². The Morgan fingerprint density at radius 2 is 2.11 bits per heavy atom. The average molecular weight is 261 g/mol. The van der Waals surface area contributed by atoms with Crippen molar-refractivity contribution in [1.29, 1.82) is 0 Å². The minimum atomic E-state index is -0.828. The highest BCUT2D eigenvalue weighted by molar-refractivity contribution is 5.67. The van der Waals surface area contributed by atoms with Gasteiger partial charge in [0.05, 0.1) is 13.0 Å². The van der Waals surface area contributed by atoms with Crippen molar-refractivity contribution in [3.05, 3.63) is 42.0 Å². The van der Waals surface area contributed by atoms with Gasteiger partial charge >= 0.3 is 5.97 Å². The van der Waals surface area contributed by atoms with Gasteiger partial charge in [0.1, 0.15) is 0 Å². The standard InChI is InChI=1S/C13H15N3O3/c1-10-2-4-11(5-3-10)16(7-6-13(17)18)8-12-14-9-19-15-12/h2-5,9H,6-8H2,1H3,(H,17,18). The summed E-state index contributed by atoms with van der Waals surface area (Å²) >= 11 is 0. The second-order valence-corrected chi connectivity index (χ2v) is 4.25. The number of aromatic nitrogens is 2. The number of anilines is 1. The van der Waals surface area contributed by atoms with Crippen molar-refractivity contribution in [2.75, 3.05) is 11.4 Å². The van der Waals surface area contributed by atoms with E-state index in [4.69, 9.17) is 9.63 Å². The summed E-state index contributed by atoms with van der Waals surface area (Å²) in [5.74, 6) is -0.295. The zero-order valence-electron chi connectivity index (χ0n) is 10.6. The Labute approximate surface area is 110 Å². The molecule has 6 heteroatoms. The average Bonchev–Trinajstić information content (AvgIpc) is 2.88.